The van der Waals surface area contributed by atoms with Gasteiger partial charge in [-0.05, 0) is 61.6 Å². The minimum atomic E-state index is -0.776. The molecule has 0 unspecified atom stereocenters. The van der Waals surface area contributed by atoms with E-state index < -0.39 is 5.60 Å². The Kier molecular flexibility index (Phi) is 6.10. The molecule has 2 N–H and O–H groups in total. The number of hydrogen-bond donors (Lipinski definition) is 2. The summed E-state index contributed by atoms with van der Waals surface area (Å²) in [6, 6.07) is 14.3. The van der Waals surface area contributed by atoms with Crippen molar-refractivity contribution in [3.8, 4) is 6.07 Å². The van der Waals surface area contributed by atoms with Gasteiger partial charge in [-0.25, -0.2) is 4.98 Å². The zero-order chi connectivity index (χ0) is 24.4. The van der Waals surface area contributed by atoms with Crippen molar-refractivity contribution in [1.29, 1.82) is 5.26 Å². The van der Waals surface area contributed by atoms with E-state index in [9.17, 15) is 10.4 Å². The van der Waals surface area contributed by atoms with Crippen molar-refractivity contribution in [2.24, 2.45) is 0 Å². The van der Waals surface area contributed by atoms with E-state index in [0.29, 0.717) is 50.4 Å². The standard InChI is InChI=1S/C27H29N7O/c1-19-3-4-22(13-20(19)2)16-30-25-24-14-21(15-28)5-6-23(24)26(32-31-25)34-10-7-27(35,8-11-34)17-33-12-9-29-18-33/h3-6,9,12-14,18,35H,7-8,10-11,16-17H2,1-2H3,(H,30,31). The van der Waals surface area contributed by atoms with Gasteiger partial charge in [-0.3, -0.25) is 0 Å². The first-order valence-electron chi connectivity index (χ1n) is 11.9. The molecule has 5 rings (SSSR count). The summed E-state index contributed by atoms with van der Waals surface area (Å²) in [7, 11) is 0. The topological polar surface area (TPSA) is 103 Å². The highest BCUT2D eigenvalue weighted by Gasteiger charge is 2.33. The number of nitrogens with zero attached hydrogens (tertiary/aromatic N) is 6. The van der Waals surface area contributed by atoms with Crippen molar-refractivity contribution in [3.05, 3.63) is 77.4 Å². The van der Waals surface area contributed by atoms with Crippen LogP contribution < -0.4 is 10.2 Å². The van der Waals surface area contributed by atoms with E-state index in [1.165, 1.54) is 11.1 Å². The number of aryl methyl sites for hydroxylation is 2. The highest BCUT2D eigenvalue weighted by atomic mass is 16.3. The highest BCUT2D eigenvalue weighted by molar-refractivity contribution is 5.99. The highest BCUT2D eigenvalue weighted by Crippen LogP contribution is 2.33. The molecule has 2 aromatic carbocycles. The molecule has 0 atom stereocenters. The number of anilines is 2. The van der Waals surface area contributed by atoms with Gasteiger partial charge in [-0.15, -0.1) is 10.2 Å². The van der Waals surface area contributed by atoms with Gasteiger partial charge in [0.1, 0.15) is 0 Å². The average molecular weight is 468 g/mol. The van der Waals surface area contributed by atoms with E-state index in [1.807, 2.05) is 29.0 Å². The smallest absolute Gasteiger partial charge is 0.159 e. The Balaban J connectivity index is 1.39. The van der Waals surface area contributed by atoms with Crippen molar-refractivity contribution in [2.45, 2.75) is 45.4 Å². The predicted octanol–water partition coefficient (Wildman–Crippen LogP) is 3.96. The van der Waals surface area contributed by atoms with Gasteiger partial charge in [0, 0.05) is 42.8 Å². The first-order valence-corrected chi connectivity index (χ1v) is 11.9. The number of nitrogens with one attached hydrogen (secondary N) is 1. The summed E-state index contributed by atoms with van der Waals surface area (Å²) >= 11 is 0. The molecule has 3 heterocycles. The van der Waals surface area contributed by atoms with Gasteiger partial charge >= 0.3 is 0 Å². The van der Waals surface area contributed by atoms with E-state index in [1.54, 1.807) is 12.5 Å². The van der Waals surface area contributed by atoms with Crippen LogP contribution in [0, 0.1) is 25.2 Å². The van der Waals surface area contributed by atoms with Crippen LogP contribution in [0.4, 0.5) is 11.6 Å². The number of benzene rings is 2. The number of nitriles is 1. The van der Waals surface area contributed by atoms with Crippen LogP contribution in [0.2, 0.25) is 0 Å². The maximum atomic E-state index is 11.1. The van der Waals surface area contributed by atoms with Gasteiger partial charge in [0.05, 0.1) is 30.1 Å². The first kappa shape index (κ1) is 22.8. The van der Waals surface area contributed by atoms with Crippen LogP contribution >= 0.6 is 0 Å². The molecular weight excluding hydrogens is 438 g/mol. The molecular formula is C27H29N7O. The third kappa shape index (κ3) is 4.81. The third-order valence-corrected chi connectivity index (χ3v) is 6.95. The van der Waals surface area contributed by atoms with E-state index in [2.05, 4.69) is 63.5 Å². The van der Waals surface area contributed by atoms with Crippen LogP contribution in [0.3, 0.4) is 0 Å². The second-order valence-electron chi connectivity index (χ2n) is 9.46. The Labute approximate surface area is 204 Å². The fourth-order valence-corrected chi connectivity index (χ4v) is 4.69. The van der Waals surface area contributed by atoms with E-state index in [0.717, 1.165) is 22.2 Å². The quantitative estimate of drug-likeness (QED) is 0.442. The van der Waals surface area contributed by atoms with Crippen molar-refractivity contribution >= 4 is 22.4 Å². The van der Waals surface area contributed by atoms with Crippen molar-refractivity contribution in [3.63, 3.8) is 0 Å². The van der Waals surface area contributed by atoms with Crippen LogP contribution in [0.15, 0.2) is 55.1 Å². The zero-order valence-electron chi connectivity index (χ0n) is 20.1. The Hall–Kier alpha value is -3.96. The lowest BCUT2D eigenvalue weighted by Crippen LogP contribution is -2.47. The monoisotopic (exact) mass is 467 g/mol. The lowest BCUT2D eigenvalue weighted by molar-refractivity contribution is -0.000162. The van der Waals surface area contributed by atoms with Crippen LogP contribution in [0.1, 0.15) is 35.1 Å². The van der Waals surface area contributed by atoms with Gasteiger partial charge in [0.25, 0.3) is 0 Å². The van der Waals surface area contributed by atoms with Crippen LogP contribution in [-0.2, 0) is 13.1 Å². The summed E-state index contributed by atoms with van der Waals surface area (Å²) in [6.07, 6.45) is 6.58. The SMILES string of the molecule is Cc1ccc(CNc2nnc(N3CCC(O)(Cn4ccnc4)CC3)c3ccc(C#N)cc23)cc1C. The van der Waals surface area contributed by atoms with Crippen molar-refractivity contribution in [1.82, 2.24) is 19.7 Å². The fourth-order valence-electron chi connectivity index (χ4n) is 4.69. The van der Waals surface area contributed by atoms with E-state index >= 15 is 0 Å². The minimum absolute atomic E-state index is 0.528. The minimum Gasteiger partial charge on any atom is -0.388 e. The molecule has 1 fully saturated rings. The van der Waals surface area contributed by atoms with Gasteiger partial charge in [-0.1, -0.05) is 18.2 Å². The number of hydrogen-bond acceptors (Lipinski definition) is 7. The average Bonchev–Trinajstić information content (AvgIpc) is 3.37. The van der Waals surface area contributed by atoms with Gasteiger partial charge in [-0.2, -0.15) is 5.26 Å². The molecule has 8 heteroatoms. The van der Waals surface area contributed by atoms with Gasteiger partial charge < -0.3 is 19.9 Å². The maximum Gasteiger partial charge on any atom is 0.159 e. The molecule has 1 saturated heterocycles. The molecule has 35 heavy (non-hydrogen) atoms. The third-order valence-electron chi connectivity index (χ3n) is 6.95. The molecule has 0 saturated carbocycles. The molecule has 8 nitrogen and oxygen atoms in total. The van der Waals surface area contributed by atoms with Gasteiger partial charge in [0.2, 0.25) is 0 Å². The molecule has 0 spiro atoms. The van der Waals surface area contributed by atoms with Crippen LogP contribution in [-0.4, -0.2) is 43.5 Å². The van der Waals surface area contributed by atoms with Crippen LogP contribution in [0.25, 0.3) is 10.8 Å². The molecule has 1 aliphatic rings. The molecule has 0 aliphatic carbocycles. The summed E-state index contributed by atoms with van der Waals surface area (Å²) in [5.41, 5.74) is 3.49. The summed E-state index contributed by atoms with van der Waals surface area (Å²) in [5, 5.41) is 34.9. The molecule has 0 amide bonds. The normalized spacial score (nSPS) is 15.2. The largest absolute Gasteiger partial charge is 0.388 e. The van der Waals surface area contributed by atoms with Crippen molar-refractivity contribution in [2.75, 3.05) is 23.3 Å². The number of aliphatic hydroxyl groups is 1. The second-order valence-corrected chi connectivity index (χ2v) is 9.46. The Morgan fingerprint density at radius 3 is 2.60 bits per heavy atom. The van der Waals surface area contributed by atoms with Crippen LogP contribution in [0.5, 0.6) is 0 Å². The first-order chi connectivity index (χ1) is 16.9. The fraction of sp³-hybridized carbons (Fsp3) is 0.333. The molecule has 2 aromatic heterocycles. The number of rotatable bonds is 6. The molecule has 178 valence electrons. The van der Waals surface area contributed by atoms with Crippen molar-refractivity contribution < 1.29 is 5.11 Å². The Morgan fingerprint density at radius 1 is 1.06 bits per heavy atom. The summed E-state index contributed by atoms with van der Waals surface area (Å²) in [6.45, 7) is 6.70. The summed E-state index contributed by atoms with van der Waals surface area (Å²) in [5.74, 6) is 1.44. The number of imidazole rings is 1. The predicted molar refractivity (Wildman–Crippen MR) is 136 cm³/mol. The molecule has 0 radical (unpaired) electrons. The Morgan fingerprint density at radius 2 is 1.89 bits per heavy atom. The molecule has 0 bridgehead atoms. The molecule has 4 aromatic rings. The second kappa shape index (κ2) is 9.35. The van der Waals surface area contributed by atoms with E-state index in [4.69, 9.17) is 0 Å². The lowest BCUT2D eigenvalue weighted by Gasteiger charge is -2.39. The maximum absolute atomic E-state index is 11.1. The number of fused-ring (bicyclic) bond motifs is 1. The Bertz CT molecular complexity index is 1380. The number of aromatic nitrogens is 4. The molecule has 1 aliphatic heterocycles. The lowest BCUT2D eigenvalue weighted by atomic mass is 9.91. The van der Waals surface area contributed by atoms with Gasteiger partial charge in [0.15, 0.2) is 11.6 Å². The zero-order valence-corrected chi connectivity index (χ0v) is 20.1. The summed E-state index contributed by atoms with van der Waals surface area (Å²) in [4.78, 5) is 6.25. The van der Waals surface area contributed by atoms with E-state index in [-0.39, 0.29) is 0 Å². The number of piperidine rings is 1. The summed E-state index contributed by atoms with van der Waals surface area (Å²) < 4.78 is 1.92.